The fraction of sp³-hybridized carbons (Fsp3) is 0.0476. The predicted molar refractivity (Wildman–Crippen MR) is 105 cm³/mol. The van der Waals surface area contributed by atoms with Crippen LogP contribution in [-0.2, 0) is 4.79 Å². The van der Waals surface area contributed by atoms with Crippen LogP contribution in [0, 0.1) is 5.82 Å². The van der Waals surface area contributed by atoms with Crippen LogP contribution >= 0.6 is 11.6 Å². The van der Waals surface area contributed by atoms with Gasteiger partial charge >= 0.3 is 0 Å². The highest BCUT2D eigenvalue weighted by molar-refractivity contribution is 6.31. The lowest BCUT2D eigenvalue weighted by Crippen LogP contribution is -2.33. The zero-order chi connectivity index (χ0) is 19.9. The zero-order valence-corrected chi connectivity index (χ0v) is 15.4. The molecule has 0 aromatic heterocycles. The van der Waals surface area contributed by atoms with Crippen molar-refractivity contribution < 1.29 is 18.7 Å². The minimum absolute atomic E-state index is 0.0471. The summed E-state index contributed by atoms with van der Waals surface area (Å²) < 4.78 is 19.4. The number of rotatable bonds is 6. The first kappa shape index (κ1) is 19.4. The molecule has 3 aromatic rings. The van der Waals surface area contributed by atoms with Crippen LogP contribution in [-0.4, -0.2) is 18.4 Å². The van der Waals surface area contributed by atoms with Gasteiger partial charge in [-0.2, -0.15) is 0 Å². The van der Waals surface area contributed by atoms with Gasteiger partial charge in [-0.05, 0) is 48.5 Å². The van der Waals surface area contributed by atoms with Gasteiger partial charge in [0, 0.05) is 5.56 Å². The van der Waals surface area contributed by atoms with Crippen LogP contribution in [0.15, 0.2) is 72.8 Å². The van der Waals surface area contributed by atoms with Gasteiger partial charge in [0.1, 0.15) is 11.5 Å². The Bertz CT molecular complexity index is 979. The first-order chi connectivity index (χ1) is 13.5. The molecular formula is C21H16ClFN2O3. The summed E-state index contributed by atoms with van der Waals surface area (Å²) >= 11 is 5.66. The maximum atomic E-state index is 13.8. The second-order valence-electron chi connectivity index (χ2n) is 5.77. The molecule has 0 aliphatic heterocycles. The lowest BCUT2D eigenvalue weighted by Gasteiger charge is -2.09. The van der Waals surface area contributed by atoms with Crippen molar-refractivity contribution in [3.8, 4) is 11.5 Å². The smallest absolute Gasteiger partial charge is 0.251 e. The molecule has 28 heavy (non-hydrogen) atoms. The van der Waals surface area contributed by atoms with Crippen LogP contribution in [0.25, 0.3) is 0 Å². The molecule has 0 aliphatic carbocycles. The lowest BCUT2D eigenvalue weighted by molar-refractivity contribution is -0.115. The number of hydrogen-bond donors (Lipinski definition) is 2. The van der Waals surface area contributed by atoms with Gasteiger partial charge in [-0.25, -0.2) is 4.39 Å². The Morgan fingerprint density at radius 1 is 0.893 bits per heavy atom. The van der Waals surface area contributed by atoms with E-state index in [1.165, 1.54) is 18.2 Å². The third kappa shape index (κ3) is 5.08. The first-order valence-electron chi connectivity index (χ1n) is 8.38. The second-order valence-corrected chi connectivity index (χ2v) is 6.18. The summed E-state index contributed by atoms with van der Waals surface area (Å²) in [5, 5.41) is 4.74. The maximum Gasteiger partial charge on any atom is 0.251 e. The zero-order valence-electron chi connectivity index (χ0n) is 14.6. The summed E-state index contributed by atoms with van der Waals surface area (Å²) in [6, 6.07) is 20.0. The number of amides is 2. The lowest BCUT2D eigenvalue weighted by atomic mass is 10.2. The molecule has 0 unspecified atom stereocenters. The van der Waals surface area contributed by atoms with Crippen molar-refractivity contribution >= 4 is 29.1 Å². The molecule has 3 rings (SSSR count). The van der Waals surface area contributed by atoms with Crippen molar-refractivity contribution in [2.75, 3.05) is 11.9 Å². The summed E-state index contributed by atoms with van der Waals surface area (Å²) in [6.07, 6.45) is 0. The number of nitrogens with one attached hydrogen (secondary N) is 2. The van der Waals surface area contributed by atoms with E-state index in [4.69, 9.17) is 16.3 Å². The summed E-state index contributed by atoms with van der Waals surface area (Å²) in [6.45, 7) is -0.312. The van der Waals surface area contributed by atoms with Gasteiger partial charge in [0.15, 0.2) is 5.82 Å². The van der Waals surface area contributed by atoms with Crippen molar-refractivity contribution in [1.82, 2.24) is 5.32 Å². The molecule has 142 valence electrons. The highest BCUT2D eigenvalue weighted by Gasteiger charge is 2.12. The molecule has 0 saturated carbocycles. The van der Waals surface area contributed by atoms with Crippen LogP contribution in [0.5, 0.6) is 11.5 Å². The van der Waals surface area contributed by atoms with Gasteiger partial charge < -0.3 is 15.4 Å². The van der Waals surface area contributed by atoms with E-state index in [1.807, 2.05) is 30.3 Å². The first-order valence-corrected chi connectivity index (χ1v) is 8.76. The number of para-hydroxylation sites is 1. The fourth-order valence-corrected chi connectivity index (χ4v) is 2.53. The molecule has 7 heteroatoms. The van der Waals surface area contributed by atoms with Gasteiger partial charge in [0.25, 0.3) is 5.91 Å². The Morgan fingerprint density at radius 2 is 1.57 bits per heavy atom. The van der Waals surface area contributed by atoms with Crippen LogP contribution < -0.4 is 15.4 Å². The van der Waals surface area contributed by atoms with E-state index in [1.54, 1.807) is 24.3 Å². The van der Waals surface area contributed by atoms with Crippen molar-refractivity contribution in [3.05, 3.63) is 89.2 Å². The Labute approximate surface area is 166 Å². The quantitative estimate of drug-likeness (QED) is 0.635. The molecular weight excluding hydrogens is 383 g/mol. The van der Waals surface area contributed by atoms with Gasteiger partial charge in [-0.15, -0.1) is 0 Å². The summed E-state index contributed by atoms with van der Waals surface area (Å²) in [5.41, 5.74) is 0.316. The SMILES string of the molecule is O=C(CNC(=O)c1ccc(Oc2ccccc2)cc1)Nc1cccc(Cl)c1F. The standard InChI is InChI=1S/C21H16ClFN2O3/c22-17-7-4-8-18(20(17)23)25-19(26)13-24-21(27)14-9-11-16(12-10-14)28-15-5-2-1-3-6-15/h1-12H,13H2,(H,24,27)(H,25,26). The van der Waals surface area contributed by atoms with Gasteiger partial charge in [0.2, 0.25) is 5.91 Å². The maximum absolute atomic E-state index is 13.8. The van der Waals surface area contributed by atoms with Crippen molar-refractivity contribution in [2.24, 2.45) is 0 Å². The summed E-state index contributed by atoms with van der Waals surface area (Å²) in [5.74, 6) is -0.467. The van der Waals surface area contributed by atoms with E-state index < -0.39 is 17.6 Å². The minimum atomic E-state index is -0.724. The molecule has 2 amide bonds. The Kier molecular flexibility index (Phi) is 6.24. The topological polar surface area (TPSA) is 67.4 Å². The normalized spacial score (nSPS) is 10.2. The molecule has 3 aromatic carbocycles. The van der Waals surface area contributed by atoms with Gasteiger partial charge in [-0.1, -0.05) is 35.9 Å². The highest BCUT2D eigenvalue weighted by Crippen LogP contribution is 2.22. The van der Waals surface area contributed by atoms with E-state index in [-0.39, 0.29) is 17.3 Å². The Hall–Kier alpha value is -3.38. The number of anilines is 1. The number of benzene rings is 3. The van der Waals surface area contributed by atoms with Crippen molar-refractivity contribution in [3.63, 3.8) is 0 Å². The van der Waals surface area contributed by atoms with Crippen LogP contribution in [0.1, 0.15) is 10.4 Å². The molecule has 0 saturated heterocycles. The minimum Gasteiger partial charge on any atom is -0.457 e. The van der Waals surface area contributed by atoms with Gasteiger partial charge in [0.05, 0.1) is 17.3 Å². The molecule has 5 nitrogen and oxygen atoms in total. The Morgan fingerprint density at radius 3 is 2.29 bits per heavy atom. The second kappa shape index (κ2) is 9.01. The molecule has 0 bridgehead atoms. The highest BCUT2D eigenvalue weighted by atomic mass is 35.5. The largest absolute Gasteiger partial charge is 0.457 e. The average Bonchev–Trinajstić information content (AvgIpc) is 2.71. The fourth-order valence-electron chi connectivity index (χ4n) is 2.36. The van der Waals surface area contributed by atoms with Crippen LogP contribution in [0.3, 0.4) is 0 Å². The number of carbonyl (C=O) groups is 2. The third-order valence-corrected chi connectivity index (χ3v) is 4.02. The summed E-state index contributed by atoms with van der Waals surface area (Å²) in [4.78, 5) is 24.1. The van der Waals surface area contributed by atoms with E-state index in [9.17, 15) is 14.0 Å². The number of ether oxygens (including phenoxy) is 1. The third-order valence-electron chi connectivity index (χ3n) is 3.73. The molecule has 0 fully saturated rings. The predicted octanol–water partition coefficient (Wildman–Crippen LogP) is 4.64. The summed E-state index contributed by atoms with van der Waals surface area (Å²) in [7, 11) is 0. The molecule has 0 aliphatic rings. The molecule has 0 atom stereocenters. The average molecular weight is 399 g/mol. The number of hydrogen-bond acceptors (Lipinski definition) is 3. The van der Waals surface area contributed by atoms with Gasteiger partial charge in [-0.3, -0.25) is 9.59 Å². The monoisotopic (exact) mass is 398 g/mol. The van der Waals surface area contributed by atoms with Crippen LogP contribution in [0.4, 0.5) is 10.1 Å². The van der Waals surface area contributed by atoms with E-state index in [2.05, 4.69) is 10.6 Å². The Balaban J connectivity index is 1.53. The number of halogens is 2. The van der Waals surface area contributed by atoms with Crippen LogP contribution in [0.2, 0.25) is 5.02 Å². The van der Waals surface area contributed by atoms with Crippen molar-refractivity contribution in [1.29, 1.82) is 0 Å². The number of carbonyl (C=O) groups excluding carboxylic acids is 2. The van der Waals surface area contributed by atoms with Crippen molar-refractivity contribution in [2.45, 2.75) is 0 Å². The molecule has 0 spiro atoms. The van der Waals surface area contributed by atoms with E-state index in [0.717, 1.165) is 0 Å². The molecule has 0 heterocycles. The van der Waals surface area contributed by atoms with E-state index in [0.29, 0.717) is 17.1 Å². The molecule has 2 N–H and O–H groups in total. The van der Waals surface area contributed by atoms with E-state index >= 15 is 0 Å². The molecule has 0 radical (unpaired) electrons.